The number of pyridine rings is 1. The minimum Gasteiger partial charge on any atom is -0.355 e. The molecule has 1 aliphatic carbocycles. The maximum absolute atomic E-state index is 12.3. The van der Waals surface area contributed by atoms with Gasteiger partial charge in [0.1, 0.15) is 5.82 Å². The molecule has 1 saturated carbocycles. The highest BCUT2D eigenvalue weighted by molar-refractivity contribution is 6.04. The van der Waals surface area contributed by atoms with E-state index in [0.717, 1.165) is 42.5 Å². The first kappa shape index (κ1) is 19.1. The summed E-state index contributed by atoms with van der Waals surface area (Å²) in [4.78, 5) is 33.2. The van der Waals surface area contributed by atoms with E-state index in [-0.39, 0.29) is 17.7 Å². The van der Waals surface area contributed by atoms with Crippen LogP contribution in [0.2, 0.25) is 0 Å². The van der Waals surface area contributed by atoms with Gasteiger partial charge in [0.25, 0.3) is 5.91 Å². The number of nitrogens with one attached hydrogen (secondary N) is 2. The van der Waals surface area contributed by atoms with Crippen LogP contribution in [0.5, 0.6) is 0 Å². The molecule has 0 radical (unpaired) electrons. The molecule has 1 aromatic carbocycles. The highest BCUT2D eigenvalue weighted by atomic mass is 16.2. The summed E-state index contributed by atoms with van der Waals surface area (Å²) in [6, 6.07) is 9.13. The van der Waals surface area contributed by atoms with Gasteiger partial charge in [0.15, 0.2) is 0 Å². The first-order chi connectivity index (χ1) is 14.1. The minimum atomic E-state index is -0.205. The van der Waals surface area contributed by atoms with Crippen molar-refractivity contribution in [3.05, 3.63) is 54.1 Å². The molecule has 0 saturated heterocycles. The zero-order valence-electron chi connectivity index (χ0n) is 16.5. The zero-order valence-corrected chi connectivity index (χ0v) is 16.5. The summed E-state index contributed by atoms with van der Waals surface area (Å²) < 4.78 is 2.03. The number of benzene rings is 1. The van der Waals surface area contributed by atoms with Crippen LogP contribution in [-0.2, 0) is 18.3 Å². The summed E-state index contributed by atoms with van der Waals surface area (Å²) in [5, 5.41) is 5.93. The number of nitrogens with zero attached hydrogens (tertiary/aromatic N) is 3. The highest BCUT2D eigenvalue weighted by Crippen LogP contribution is 2.24. The lowest BCUT2D eigenvalue weighted by Crippen LogP contribution is -2.31. The number of rotatable bonds is 6. The Hall–Kier alpha value is -3.22. The van der Waals surface area contributed by atoms with Crippen LogP contribution in [0.4, 0.5) is 5.69 Å². The molecule has 7 nitrogen and oxygen atoms in total. The Kier molecular flexibility index (Phi) is 5.55. The number of hydrogen-bond acceptors (Lipinski definition) is 4. The van der Waals surface area contributed by atoms with E-state index in [2.05, 4.69) is 15.6 Å². The number of hydrogen-bond donors (Lipinski definition) is 2. The molecule has 2 heterocycles. The molecule has 1 aliphatic rings. The summed E-state index contributed by atoms with van der Waals surface area (Å²) in [6.07, 6.45) is 8.16. The van der Waals surface area contributed by atoms with Crippen LogP contribution in [0.3, 0.4) is 0 Å². The van der Waals surface area contributed by atoms with Gasteiger partial charge in [-0.05, 0) is 43.2 Å². The number of carbonyl (C=O) groups is 2. The quantitative estimate of drug-likeness (QED) is 0.676. The number of aromatic nitrogens is 3. The van der Waals surface area contributed by atoms with Crippen molar-refractivity contribution >= 4 is 28.5 Å². The summed E-state index contributed by atoms with van der Waals surface area (Å²) in [5.74, 6) is 1.05. The average molecular weight is 391 g/mol. The third-order valence-electron chi connectivity index (χ3n) is 5.53. The number of imidazole rings is 1. The first-order valence-corrected chi connectivity index (χ1v) is 10.1. The van der Waals surface area contributed by atoms with Crippen molar-refractivity contribution < 1.29 is 9.59 Å². The number of amides is 2. The van der Waals surface area contributed by atoms with Gasteiger partial charge >= 0.3 is 0 Å². The van der Waals surface area contributed by atoms with Crippen LogP contribution in [-0.4, -0.2) is 32.9 Å². The second-order valence-electron chi connectivity index (χ2n) is 7.51. The Morgan fingerprint density at radius 2 is 2.03 bits per heavy atom. The van der Waals surface area contributed by atoms with E-state index < -0.39 is 0 Å². The van der Waals surface area contributed by atoms with E-state index in [9.17, 15) is 9.59 Å². The maximum Gasteiger partial charge on any atom is 0.257 e. The Bertz CT molecular complexity index is 1020. The molecule has 1 fully saturated rings. The molecular weight excluding hydrogens is 366 g/mol. The van der Waals surface area contributed by atoms with Crippen molar-refractivity contribution in [3.63, 3.8) is 0 Å². The Balaban J connectivity index is 1.41. The number of aryl methyl sites for hydroxylation is 1. The van der Waals surface area contributed by atoms with Gasteiger partial charge in [-0.2, -0.15) is 0 Å². The van der Waals surface area contributed by atoms with E-state index in [0.29, 0.717) is 24.2 Å². The van der Waals surface area contributed by atoms with Crippen molar-refractivity contribution in [1.29, 1.82) is 0 Å². The maximum atomic E-state index is 12.3. The fourth-order valence-corrected chi connectivity index (χ4v) is 3.88. The molecule has 2 aromatic heterocycles. The van der Waals surface area contributed by atoms with E-state index in [1.54, 1.807) is 18.3 Å². The highest BCUT2D eigenvalue weighted by Gasteiger charge is 2.22. The summed E-state index contributed by atoms with van der Waals surface area (Å²) in [6.45, 7) is 0.580. The van der Waals surface area contributed by atoms with Crippen molar-refractivity contribution in [2.75, 3.05) is 11.9 Å². The zero-order chi connectivity index (χ0) is 20.2. The van der Waals surface area contributed by atoms with E-state index in [4.69, 9.17) is 4.98 Å². The van der Waals surface area contributed by atoms with Crippen molar-refractivity contribution in [2.24, 2.45) is 13.0 Å². The van der Waals surface area contributed by atoms with E-state index in [1.165, 1.54) is 6.20 Å². The van der Waals surface area contributed by atoms with Gasteiger partial charge in [-0.1, -0.05) is 12.8 Å². The lowest BCUT2D eigenvalue weighted by molar-refractivity contribution is -0.124. The molecule has 4 rings (SSSR count). The molecular formula is C22H25N5O2. The Labute approximate surface area is 169 Å². The molecule has 2 amide bonds. The second-order valence-corrected chi connectivity index (χ2v) is 7.51. The van der Waals surface area contributed by atoms with Crippen molar-refractivity contribution in [1.82, 2.24) is 19.9 Å². The van der Waals surface area contributed by atoms with Crippen LogP contribution < -0.4 is 10.6 Å². The fourth-order valence-electron chi connectivity index (χ4n) is 3.88. The molecule has 150 valence electrons. The molecule has 29 heavy (non-hydrogen) atoms. The van der Waals surface area contributed by atoms with E-state index in [1.807, 2.05) is 29.8 Å². The lowest BCUT2D eigenvalue weighted by atomic mass is 10.1. The predicted octanol–water partition coefficient (Wildman–Crippen LogP) is 3.07. The van der Waals surface area contributed by atoms with Gasteiger partial charge < -0.3 is 15.2 Å². The van der Waals surface area contributed by atoms with Crippen LogP contribution in [0.25, 0.3) is 11.0 Å². The van der Waals surface area contributed by atoms with Gasteiger partial charge in [0, 0.05) is 44.0 Å². The molecule has 7 heteroatoms. The van der Waals surface area contributed by atoms with Crippen LogP contribution in [0.1, 0.15) is 41.9 Å². The molecule has 0 bridgehead atoms. The Morgan fingerprint density at radius 1 is 1.21 bits per heavy atom. The smallest absolute Gasteiger partial charge is 0.257 e. The molecule has 0 unspecified atom stereocenters. The van der Waals surface area contributed by atoms with E-state index >= 15 is 0 Å². The van der Waals surface area contributed by atoms with Gasteiger partial charge in [-0.25, -0.2) is 4.98 Å². The van der Waals surface area contributed by atoms with Gasteiger partial charge in [0.2, 0.25) is 5.91 Å². The molecule has 0 atom stereocenters. The lowest BCUT2D eigenvalue weighted by Gasteiger charge is -2.10. The van der Waals surface area contributed by atoms with Crippen LogP contribution in [0, 0.1) is 5.92 Å². The summed E-state index contributed by atoms with van der Waals surface area (Å²) in [5.41, 5.74) is 2.99. The van der Waals surface area contributed by atoms with Gasteiger partial charge in [-0.15, -0.1) is 0 Å². The van der Waals surface area contributed by atoms with Crippen molar-refractivity contribution in [3.8, 4) is 0 Å². The Morgan fingerprint density at radius 3 is 2.79 bits per heavy atom. The monoisotopic (exact) mass is 391 g/mol. The number of carbonyl (C=O) groups excluding carboxylic acids is 2. The van der Waals surface area contributed by atoms with Crippen LogP contribution >= 0.6 is 0 Å². The fraction of sp³-hybridized carbons (Fsp3) is 0.364. The second kappa shape index (κ2) is 8.43. The summed E-state index contributed by atoms with van der Waals surface area (Å²) in [7, 11) is 1.97. The topological polar surface area (TPSA) is 88.9 Å². The predicted molar refractivity (Wildman–Crippen MR) is 112 cm³/mol. The molecule has 0 spiro atoms. The third-order valence-corrected chi connectivity index (χ3v) is 5.53. The average Bonchev–Trinajstić information content (AvgIpc) is 3.37. The SMILES string of the molecule is Cn1c(CCNC(=O)C2CCCC2)nc2cc(NC(=O)c3cccnc3)ccc21. The first-order valence-electron chi connectivity index (χ1n) is 10.1. The third kappa shape index (κ3) is 4.29. The molecule has 3 aromatic rings. The summed E-state index contributed by atoms with van der Waals surface area (Å²) >= 11 is 0. The van der Waals surface area contributed by atoms with Gasteiger partial charge in [0.05, 0.1) is 16.6 Å². The largest absolute Gasteiger partial charge is 0.355 e. The number of anilines is 1. The standard InChI is InChI=1S/C22H25N5O2/c1-27-19-9-8-17(25-22(29)16-7-4-11-23-14-16)13-18(19)26-20(27)10-12-24-21(28)15-5-2-3-6-15/h4,7-9,11,13-15H,2-3,5-6,10,12H2,1H3,(H,24,28)(H,25,29). The van der Waals surface area contributed by atoms with Gasteiger partial charge in [-0.3, -0.25) is 14.6 Å². The minimum absolute atomic E-state index is 0.168. The van der Waals surface area contributed by atoms with Crippen LogP contribution in [0.15, 0.2) is 42.7 Å². The normalized spacial score (nSPS) is 14.2. The van der Waals surface area contributed by atoms with Crippen molar-refractivity contribution in [2.45, 2.75) is 32.1 Å². The molecule has 2 N–H and O–H groups in total. The number of fused-ring (bicyclic) bond motifs is 1. The molecule has 0 aliphatic heterocycles.